The molecule has 2 N–H and O–H groups in total. The van der Waals surface area contributed by atoms with Gasteiger partial charge >= 0.3 is 5.97 Å². The summed E-state index contributed by atoms with van der Waals surface area (Å²) in [6.07, 6.45) is 2.61. The summed E-state index contributed by atoms with van der Waals surface area (Å²) in [6, 6.07) is 15.6. The van der Waals surface area contributed by atoms with E-state index in [1.807, 2.05) is 12.1 Å². The van der Waals surface area contributed by atoms with Crippen LogP contribution in [0.25, 0.3) is 0 Å². The topological polar surface area (TPSA) is 52.6 Å². The van der Waals surface area contributed by atoms with E-state index in [4.69, 9.17) is 5.11 Å². The Morgan fingerprint density at radius 1 is 1.04 bits per heavy atom. The number of benzene rings is 2. The van der Waals surface area contributed by atoms with E-state index in [0.29, 0.717) is 12.1 Å². The van der Waals surface area contributed by atoms with Gasteiger partial charge in [0.2, 0.25) is 0 Å². The van der Waals surface area contributed by atoms with Gasteiger partial charge in [-0.1, -0.05) is 31.2 Å². The molecule has 0 unspecified atom stereocenters. The number of aromatic carboxylic acids is 1. The molecule has 2 aromatic rings. The van der Waals surface area contributed by atoms with Crippen LogP contribution in [0.5, 0.6) is 0 Å². The lowest BCUT2D eigenvalue weighted by molar-refractivity contribution is 0.0697. The van der Waals surface area contributed by atoms with Crippen LogP contribution in [0.2, 0.25) is 0 Å². The monoisotopic (exact) mass is 338 g/mol. The van der Waals surface area contributed by atoms with Crippen molar-refractivity contribution in [2.45, 2.75) is 32.9 Å². The molecule has 0 atom stereocenters. The summed E-state index contributed by atoms with van der Waals surface area (Å²) < 4.78 is 0. The number of hydrogen-bond acceptors (Lipinski definition) is 3. The Balaban J connectivity index is 1.49. The van der Waals surface area contributed by atoms with E-state index >= 15 is 0 Å². The fraction of sp³-hybridized carbons (Fsp3) is 0.381. The van der Waals surface area contributed by atoms with Crippen molar-refractivity contribution in [3.8, 4) is 0 Å². The van der Waals surface area contributed by atoms with Gasteiger partial charge in [-0.25, -0.2) is 4.79 Å². The predicted octanol–water partition coefficient (Wildman–Crippen LogP) is 4.23. The SMILES string of the molecule is CC1CCN(Cc2ccc(NCc3ccc(C(=O)O)cc3)cc2)CC1. The van der Waals surface area contributed by atoms with Crippen LogP contribution in [-0.2, 0) is 13.1 Å². The minimum absolute atomic E-state index is 0.320. The third-order valence-corrected chi connectivity index (χ3v) is 4.93. The molecule has 0 saturated carbocycles. The summed E-state index contributed by atoms with van der Waals surface area (Å²) in [7, 11) is 0. The predicted molar refractivity (Wildman–Crippen MR) is 101 cm³/mol. The van der Waals surface area contributed by atoms with Crippen LogP contribution in [0.15, 0.2) is 48.5 Å². The molecule has 132 valence electrons. The lowest BCUT2D eigenvalue weighted by Crippen LogP contribution is -2.32. The summed E-state index contributed by atoms with van der Waals surface area (Å²) >= 11 is 0. The van der Waals surface area contributed by atoms with Gasteiger partial charge in [-0.2, -0.15) is 0 Å². The second kappa shape index (κ2) is 8.17. The molecular weight excluding hydrogens is 312 g/mol. The molecule has 0 spiro atoms. The van der Waals surface area contributed by atoms with Gasteiger partial charge in [-0.05, 0) is 67.2 Å². The highest BCUT2D eigenvalue weighted by atomic mass is 16.4. The Kier molecular flexibility index (Phi) is 5.71. The summed E-state index contributed by atoms with van der Waals surface area (Å²) in [4.78, 5) is 13.4. The number of nitrogens with zero attached hydrogens (tertiary/aromatic N) is 1. The van der Waals surface area contributed by atoms with Gasteiger partial charge < -0.3 is 10.4 Å². The number of nitrogens with one attached hydrogen (secondary N) is 1. The van der Waals surface area contributed by atoms with Gasteiger partial charge in [0, 0.05) is 18.8 Å². The van der Waals surface area contributed by atoms with E-state index in [9.17, 15) is 4.79 Å². The molecule has 1 fully saturated rings. The number of carboxylic acid groups (broad SMARTS) is 1. The van der Waals surface area contributed by atoms with Gasteiger partial charge in [0.15, 0.2) is 0 Å². The minimum atomic E-state index is -0.890. The molecule has 4 nitrogen and oxygen atoms in total. The second-order valence-corrected chi connectivity index (χ2v) is 7.01. The lowest BCUT2D eigenvalue weighted by atomic mass is 9.99. The van der Waals surface area contributed by atoms with Crippen LogP contribution in [0.1, 0.15) is 41.3 Å². The Labute approximate surface area is 149 Å². The number of carboxylic acids is 1. The zero-order valence-corrected chi connectivity index (χ0v) is 14.7. The summed E-state index contributed by atoms with van der Waals surface area (Å²) in [5.41, 5.74) is 3.82. The van der Waals surface area contributed by atoms with Crippen LogP contribution in [0.3, 0.4) is 0 Å². The smallest absolute Gasteiger partial charge is 0.335 e. The fourth-order valence-electron chi connectivity index (χ4n) is 3.18. The van der Waals surface area contributed by atoms with Crippen LogP contribution in [0, 0.1) is 5.92 Å². The Morgan fingerprint density at radius 2 is 1.64 bits per heavy atom. The van der Waals surface area contributed by atoms with E-state index in [-0.39, 0.29) is 0 Å². The van der Waals surface area contributed by atoms with E-state index in [0.717, 1.165) is 23.7 Å². The van der Waals surface area contributed by atoms with Crippen molar-refractivity contribution in [3.63, 3.8) is 0 Å². The van der Waals surface area contributed by atoms with Gasteiger partial charge in [0.25, 0.3) is 0 Å². The third-order valence-electron chi connectivity index (χ3n) is 4.93. The van der Waals surface area contributed by atoms with E-state index in [1.54, 1.807) is 12.1 Å². The van der Waals surface area contributed by atoms with Crippen molar-refractivity contribution >= 4 is 11.7 Å². The summed E-state index contributed by atoms with van der Waals surface area (Å²) in [5, 5.41) is 12.3. The molecule has 2 aromatic carbocycles. The number of rotatable bonds is 6. The van der Waals surface area contributed by atoms with Crippen LogP contribution >= 0.6 is 0 Å². The molecule has 1 aliphatic heterocycles. The third kappa shape index (κ3) is 5.07. The highest BCUT2D eigenvalue weighted by Gasteiger charge is 2.15. The van der Waals surface area contributed by atoms with Gasteiger partial charge in [-0.15, -0.1) is 0 Å². The molecule has 1 aliphatic rings. The Bertz CT molecular complexity index is 687. The first kappa shape index (κ1) is 17.5. The number of likely N-dealkylation sites (tertiary alicyclic amines) is 1. The highest BCUT2D eigenvalue weighted by molar-refractivity contribution is 5.87. The normalized spacial score (nSPS) is 15.9. The average Bonchev–Trinajstić information content (AvgIpc) is 2.63. The zero-order chi connectivity index (χ0) is 17.6. The maximum absolute atomic E-state index is 10.9. The lowest BCUT2D eigenvalue weighted by Gasteiger charge is -2.30. The van der Waals surface area contributed by atoms with Crippen LogP contribution in [0.4, 0.5) is 5.69 Å². The van der Waals surface area contributed by atoms with Gasteiger partial charge in [0.1, 0.15) is 0 Å². The van der Waals surface area contributed by atoms with Crippen molar-refractivity contribution in [2.24, 2.45) is 5.92 Å². The largest absolute Gasteiger partial charge is 0.478 e. The van der Waals surface area contributed by atoms with Gasteiger partial charge in [0.05, 0.1) is 5.56 Å². The van der Waals surface area contributed by atoms with Crippen molar-refractivity contribution in [3.05, 3.63) is 65.2 Å². The first-order chi connectivity index (χ1) is 12.1. The van der Waals surface area contributed by atoms with Crippen molar-refractivity contribution in [1.82, 2.24) is 4.90 Å². The van der Waals surface area contributed by atoms with Crippen molar-refractivity contribution < 1.29 is 9.90 Å². The van der Waals surface area contributed by atoms with E-state index < -0.39 is 5.97 Å². The van der Waals surface area contributed by atoms with Crippen LogP contribution < -0.4 is 5.32 Å². The molecule has 0 bridgehead atoms. The Hall–Kier alpha value is -2.33. The molecule has 25 heavy (non-hydrogen) atoms. The standard InChI is InChI=1S/C21H26N2O2/c1-16-10-12-23(13-11-16)15-18-4-8-20(9-5-18)22-14-17-2-6-19(7-3-17)21(24)25/h2-9,16,22H,10-15H2,1H3,(H,24,25). The molecule has 0 aliphatic carbocycles. The van der Waals surface area contributed by atoms with E-state index in [2.05, 4.69) is 41.4 Å². The zero-order valence-electron chi connectivity index (χ0n) is 14.7. The van der Waals surface area contributed by atoms with E-state index in [1.165, 1.54) is 31.5 Å². The van der Waals surface area contributed by atoms with Crippen LogP contribution in [-0.4, -0.2) is 29.1 Å². The molecule has 1 heterocycles. The number of hydrogen-bond donors (Lipinski definition) is 2. The first-order valence-corrected chi connectivity index (χ1v) is 8.97. The van der Waals surface area contributed by atoms with Gasteiger partial charge in [-0.3, -0.25) is 4.90 Å². The molecular formula is C21H26N2O2. The number of piperidine rings is 1. The molecule has 4 heteroatoms. The highest BCUT2D eigenvalue weighted by Crippen LogP contribution is 2.19. The van der Waals surface area contributed by atoms with Crippen molar-refractivity contribution in [1.29, 1.82) is 0 Å². The summed E-state index contributed by atoms with van der Waals surface area (Å²) in [5.74, 6) is -0.0225. The molecule has 0 amide bonds. The molecule has 3 rings (SSSR count). The Morgan fingerprint density at radius 3 is 2.24 bits per heavy atom. The molecule has 0 radical (unpaired) electrons. The molecule has 0 aromatic heterocycles. The fourth-order valence-corrected chi connectivity index (χ4v) is 3.18. The molecule has 1 saturated heterocycles. The van der Waals surface area contributed by atoms with Crippen molar-refractivity contribution in [2.75, 3.05) is 18.4 Å². The minimum Gasteiger partial charge on any atom is -0.478 e. The maximum Gasteiger partial charge on any atom is 0.335 e. The number of anilines is 1. The number of carbonyl (C=O) groups is 1. The summed E-state index contributed by atoms with van der Waals surface area (Å²) in [6.45, 7) is 6.46. The maximum atomic E-state index is 10.9. The first-order valence-electron chi connectivity index (χ1n) is 8.97. The second-order valence-electron chi connectivity index (χ2n) is 7.01. The average molecular weight is 338 g/mol. The quantitative estimate of drug-likeness (QED) is 0.828.